The van der Waals surface area contributed by atoms with Crippen molar-refractivity contribution in [2.45, 2.75) is 20.3 Å². The quantitative estimate of drug-likeness (QED) is 0.821. The lowest BCUT2D eigenvalue weighted by atomic mass is 10.2. The van der Waals surface area contributed by atoms with E-state index in [1.54, 1.807) is 17.0 Å². The van der Waals surface area contributed by atoms with Gasteiger partial charge in [0.25, 0.3) is 0 Å². The first kappa shape index (κ1) is 18.0. The monoisotopic (exact) mass is 352 g/mol. The van der Waals surface area contributed by atoms with Gasteiger partial charge in [-0.1, -0.05) is 18.2 Å². The van der Waals surface area contributed by atoms with Gasteiger partial charge in [-0.25, -0.2) is 0 Å². The fourth-order valence-electron chi connectivity index (χ4n) is 2.99. The number of hydrogen-bond acceptors (Lipinski definition) is 3. The minimum Gasteiger partial charge on any atom is -0.457 e. The summed E-state index contributed by atoms with van der Waals surface area (Å²) in [6, 6.07) is 16.8. The maximum absolute atomic E-state index is 12.4. The molecule has 0 radical (unpaired) electrons. The van der Waals surface area contributed by atoms with Crippen molar-refractivity contribution >= 4 is 17.5 Å². The molecule has 2 aromatic carbocycles. The second kappa shape index (κ2) is 8.04. The lowest BCUT2D eigenvalue weighted by Crippen LogP contribution is -2.33. The molecule has 0 spiro atoms. The number of nitrogens with one attached hydrogen (secondary N) is 1. The molecule has 136 valence electrons. The molecule has 2 atom stereocenters. The van der Waals surface area contributed by atoms with Crippen molar-refractivity contribution in [3.8, 4) is 11.5 Å². The molecule has 5 heteroatoms. The van der Waals surface area contributed by atoms with Crippen molar-refractivity contribution in [2.24, 2.45) is 11.8 Å². The van der Waals surface area contributed by atoms with Crippen LogP contribution in [-0.4, -0.2) is 29.8 Å². The van der Waals surface area contributed by atoms with Crippen molar-refractivity contribution in [1.82, 2.24) is 4.90 Å². The summed E-state index contributed by atoms with van der Waals surface area (Å²) in [7, 11) is 0. The molecule has 2 aromatic rings. The van der Waals surface area contributed by atoms with Crippen LogP contribution in [0.2, 0.25) is 0 Å². The van der Waals surface area contributed by atoms with E-state index in [0.29, 0.717) is 30.9 Å². The van der Waals surface area contributed by atoms with E-state index in [2.05, 4.69) is 5.32 Å². The van der Waals surface area contributed by atoms with Crippen molar-refractivity contribution in [2.75, 3.05) is 18.4 Å². The minimum absolute atomic E-state index is 0.0850. The third-order valence-electron chi connectivity index (χ3n) is 4.62. The van der Waals surface area contributed by atoms with E-state index in [0.717, 1.165) is 5.75 Å². The molecule has 0 heterocycles. The fraction of sp³-hybridized carbons (Fsp3) is 0.333. The van der Waals surface area contributed by atoms with E-state index < -0.39 is 0 Å². The largest absolute Gasteiger partial charge is 0.457 e. The van der Waals surface area contributed by atoms with Gasteiger partial charge in [0.1, 0.15) is 11.5 Å². The Bertz CT molecular complexity index is 755. The van der Waals surface area contributed by atoms with Crippen molar-refractivity contribution in [1.29, 1.82) is 0 Å². The van der Waals surface area contributed by atoms with Crippen LogP contribution in [0.1, 0.15) is 20.3 Å². The van der Waals surface area contributed by atoms with Gasteiger partial charge in [0, 0.05) is 18.8 Å². The summed E-state index contributed by atoms with van der Waals surface area (Å²) < 4.78 is 5.73. The summed E-state index contributed by atoms with van der Waals surface area (Å²) >= 11 is 0. The molecule has 5 nitrogen and oxygen atoms in total. The number of hydrogen-bond donors (Lipinski definition) is 1. The molecule has 1 N–H and O–H groups in total. The molecule has 0 bridgehead atoms. The molecule has 0 aromatic heterocycles. The maximum Gasteiger partial charge on any atom is 0.228 e. The van der Waals surface area contributed by atoms with Crippen LogP contribution >= 0.6 is 0 Å². The van der Waals surface area contributed by atoms with Gasteiger partial charge in [-0.2, -0.15) is 0 Å². The van der Waals surface area contributed by atoms with Crippen molar-refractivity contribution in [3.63, 3.8) is 0 Å². The summed E-state index contributed by atoms with van der Waals surface area (Å²) in [5, 5.41) is 2.89. The highest BCUT2D eigenvalue weighted by molar-refractivity contribution is 5.99. The second-order valence-corrected chi connectivity index (χ2v) is 6.39. The van der Waals surface area contributed by atoms with Gasteiger partial charge in [0.15, 0.2) is 0 Å². The summed E-state index contributed by atoms with van der Waals surface area (Å²) in [6.07, 6.45) is 0.635. The van der Waals surface area contributed by atoms with Gasteiger partial charge in [0.2, 0.25) is 11.8 Å². The number of benzene rings is 2. The molecule has 2 amide bonds. The van der Waals surface area contributed by atoms with Crippen LogP contribution in [0.3, 0.4) is 0 Å². The first-order valence-corrected chi connectivity index (χ1v) is 9.05. The molecule has 1 fully saturated rings. The Labute approximate surface area is 154 Å². The van der Waals surface area contributed by atoms with Crippen molar-refractivity contribution in [3.05, 3.63) is 54.6 Å². The van der Waals surface area contributed by atoms with E-state index in [9.17, 15) is 9.59 Å². The summed E-state index contributed by atoms with van der Waals surface area (Å²) in [4.78, 5) is 26.4. The first-order valence-electron chi connectivity index (χ1n) is 9.05. The fourth-order valence-corrected chi connectivity index (χ4v) is 2.99. The number of anilines is 1. The number of ether oxygens (including phenoxy) is 1. The highest BCUT2D eigenvalue weighted by atomic mass is 16.5. The van der Waals surface area contributed by atoms with Crippen LogP contribution < -0.4 is 10.1 Å². The average molecular weight is 352 g/mol. The molecule has 1 saturated carbocycles. The Morgan fingerprint density at radius 1 is 0.962 bits per heavy atom. The molecular formula is C21H24N2O3. The second-order valence-electron chi connectivity index (χ2n) is 6.39. The Morgan fingerprint density at radius 2 is 1.58 bits per heavy atom. The zero-order valence-electron chi connectivity index (χ0n) is 15.1. The molecule has 1 aliphatic rings. The highest BCUT2D eigenvalue weighted by Gasteiger charge is 2.49. The van der Waals surface area contributed by atoms with E-state index in [-0.39, 0.29) is 23.7 Å². The van der Waals surface area contributed by atoms with Gasteiger partial charge in [0.05, 0.1) is 11.8 Å². The molecule has 26 heavy (non-hydrogen) atoms. The summed E-state index contributed by atoms with van der Waals surface area (Å²) in [5.74, 6) is 1.07. The van der Waals surface area contributed by atoms with Crippen LogP contribution in [0.25, 0.3) is 0 Å². The van der Waals surface area contributed by atoms with Crippen LogP contribution in [0.15, 0.2) is 54.6 Å². The Balaban J connectivity index is 1.53. The third-order valence-corrected chi connectivity index (χ3v) is 4.62. The predicted molar refractivity (Wildman–Crippen MR) is 101 cm³/mol. The zero-order valence-corrected chi connectivity index (χ0v) is 15.1. The summed E-state index contributed by atoms with van der Waals surface area (Å²) in [6.45, 7) is 5.28. The van der Waals surface area contributed by atoms with Crippen LogP contribution in [0, 0.1) is 11.8 Å². The number of rotatable bonds is 7. The number of para-hydroxylation sites is 1. The average Bonchev–Trinajstić information content (AvgIpc) is 3.46. The van der Waals surface area contributed by atoms with Gasteiger partial charge >= 0.3 is 0 Å². The van der Waals surface area contributed by atoms with Crippen LogP contribution in [-0.2, 0) is 9.59 Å². The minimum atomic E-state index is -0.219. The van der Waals surface area contributed by atoms with Crippen LogP contribution in [0.4, 0.5) is 5.69 Å². The Kier molecular flexibility index (Phi) is 5.56. The smallest absolute Gasteiger partial charge is 0.228 e. The normalized spacial score (nSPS) is 18.1. The Hall–Kier alpha value is -2.82. The van der Waals surface area contributed by atoms with Crippen LogP contribution in [0.5, 0.6) is 11.5 Å². The number of carbonyl (C=O) groups excluding carboxylic acids is 2. The molecule has 1 aliphatic carbocycles. The molecule has 3 rings (SSSR count). The zero-order chi connectivity index (χ0) is 18.5. The number of nitrogens with zero attached hydrogens (tertiary/aromatic N) is 1. The lowest BCUT2D eigenvalue weighted by Gasteiger charge is -2.18. The number of amides is 2. The lowest BCUT2D eigenvalue weighted by molar-refractivity contribution is -0.133. The molecule has 2 unspecified atom stereocenters. The topological polar surface area (TPSA) is 58.6 Å². The standard InChI is InChI=1S/C21H24N2O3/c1-3-23(4-2)21(25)19-14-18(19)20(24)22-15-10-12-17(13-11-15)26-16-8-6-5-7-9-16/h5-13,18-19H,3-4,14H2,1-2H3,(H,22,24). The SMILES string of the molecule is CCN(CC)C(=O)C1CC1C(=O)Nc1ccc(Oc2ccccc2)cc1. The highest BCUT2D eigenvalue weighted by Crippen LogP contribution is 2.40. The van der Waals surface area contributed by atoms with E-state index in [4.69, 9.17) is 4.74 Å². The molecular weight excluding hydrogens is 328 g/mol. The predicted octanol–water partition coefficient (Wildman–Crippen LogP) is 3.92. The van der Waals surface area contributed by atoms with Gasteiger partial charge < -0.3 is 15.0 Å². The molecule has 0 saturated heterocycles. The van der Waals surface area contributed by atoms with E-state index in [1.807, 2.05) is 56.3 Å². The van der Waals surface area contributed by atoms with Gasteiger partial charge in [-0.05, 0) is 56.7 Å². The maximum atomic E-state index is 12.4. The summed E-state index contributed by atoms with van der Waals surface area (Å²) in [5.41, 5.74) is 0.705. The van der Waals surface area contributed by atoms with Gasteiger partial charge in [-0.3, -0.25) is 9.59 Å². The van der Waals surface area contributed by atoms with E-state index in [1.165, 1.54) is 0 Å². The third kappa shape index (κ3) is 4.23. The Morgan fingerprint density at radius 3 is 2.19 bits per heavy atom. The number of carbonyl (C=O) groups is 2. The molecule has 0 aliphatic heterocycles. The van der Waals surface area contributed by atoms with E-state index >= 15 is 0 Å². The van der Waals surface area contributed by atoms with Gasteiger partial charge in [-0.15, -0.1) is 0 Å². The first-order chi connectivity index (χ1) is 12.6. The van der Waals surface area contributed by atoms with Crippen molar-refractivity contribution < 1.29 is 14.3 Å².